The first kappa shape index (κ1) is 18.4. The molecule has 1 aromatic heterocycles. The summed E-state index contributed by atoms with van der Waals surface area (Å²) in [5.41, 5.74) is 8.05. The number of pyridine rings is 1. The van der Waals surface area contributed by atoms with Gasteiger partial charge in [0, 0.05) is 17.6 Å². The molecule has 6 heteroatoms. The van der Waals surface area contributed by atoms with Crippen molar-refractivity contribution in [1.82, 2.24) is 10.3 Å². The van der Waals surface area contributed by atoms with Crippen molar-refractivity contribution >= 4 is 22.5 Å². The maximum absolute atomic E-state index is 13.6. The molecule has 0 atom stereocenters. The summed E-state index contributed by atoms with van der Waals surface area (Å²) in [5.74, 6) is -0.183. The average Bonchev–Trinajstić information content (AvgIpc) is 2.70. The number of anilines is 1. The fourth-order valence-electron chi connectivity index (χ4n) is 3.78. The van der Waals surface area contributed by atoms with E-state index in [2.05, 4.69) is 10.3 Å². The quantitative estimate of drug-likeness (QED) is 0.648. The summed E-state index contributed by atoms with van der Waals surface area (Å²) in [6.45, 7) is 0. The molecule has 0 radical (unpaired) electrons. The number of nitrogen functional groups attached to an aromatic ring is 1. The van der Waals surface area contributed by atoms with Gasteiger partial charge in [-0.2, -0.15) is 0 Å². The first-order chi connectivity index (χ1) is 13.5. The molecule has 1 fully saturated rings. The van der Waals surface area contributed by atoms with Gasteiger partial charge in [-0.1, -0.05) is 24.3 Å². The fraction of sp³-hybridized carbons (Fsp3) is 0.273. The van der Waals surface area contributed by atoms with Crippen molar-refractivity contribution in [3.05, 3.63) is 60.0 Å². The maximum atomic E-state index is 13.6. The second-order valence-electron chi connectivity index (χ2n) is 7.31. The minimum absolute atomic E-state index is 0.0510. The van der Waals surface area contributed by atoms with E-state index in [1.807, 2.05) is 24.3 Å². The number of carbonyl (C=O) groups is 1. The van der Waals surface area contributed by atoms with Gasteiger partial charge >= 0.3 is 0 Å². The smallest absolute Gasteiger partial charge is 0.253 e. The maximum Gasteiger partial charge on any atom is 0.253 e. The van der Waals surface area contributed by atoms with Crippen molar-refractivity contribution in [3.8, 4) is 11.1 Å². The van der Waals surface area contributed by atoms with Gasteiger partial charge in [-0.15, -0.1) is 0 Å². The largest absolute Gasteiger partial charge is 0.393 e. The van der Waals surface area contributed by atoms with Gasteiger partial charge in [0.15, 0.2) is 0 Å². The molecular weight excluding hydrogens is 357 g/mol. The Morgan fingerprint density at radius 3 is 2.57 bits per heavy atom. The molecule has 1 aliphatic carbocycles. The molecule has 4 rings (SSSR count). The number of hydrogen-bond acceptors (Lipinski definition) is 4. The number of halogens is 1. The number of benzene rings is 2. The van der Waals surface area contributed by atoms with E-state index in [-0.39, 0.29) is 23.9 Å². The third kappa shape index (κ3) is 3.68. The minimum Gasteiger partial charge on any atom is -0.393 e. The number of nitrogens with one attached hydrogen (secondary N) is 1. The van der Waals surface area contributed by atoms with Crippen LogP contribution in [0.3, 0.4) is 0 Å². The summed E-state index contributed by atoms with van der Waals surface area (Å²) in [6, 6.07) is 11.9. The summed E-state index contributed by atoms with van der Waals surface area (Å²) in [5, 5.41) is 14.0. The Hall–Kier alpha value is -2.99. The number of amides is 1. The molecule has 3 aromatic rings. The lowest BCUT2D eigenvalue weighted by molar-refractivity contribution is 0.0869. The van der Waals surface area contributed by atoms with Gasteiger partial charge in [0.2, 0.25) is 0 Å². The third-order valence-corrected chi connectivity index (χ3v) is 5.35. The zero-order valence-corrected chi connectivity index (χ0v) is 15.4. The van der Waals surface area contributed by atoms with E-state index in [1.165, 1.54) is 18.3 Å². The number of fused-ring (bicyclic) bond motifs is 1. The Kier molecular flexibility index (Phi) is 4.96. The molecule has 1 amide bonds. The second kappa shape index (κ2) is 7.56. The Morgan fingerprint density at radius 2 is 1.82 bits per heavy atom. The Balaban J connectivity index is 1.66. The predicted octanol–water partition coefficient (Wildman–Crippen LogP) is 3.66. The van der Waals surface area contributed by atoms with Crippen molar-refractivity contribution in [2.45, 2.75) is 37.8 Å². The van der Waals surface area contributed by atoms with E-state index in [4.69, 9.17) is 5.73 Å². The van der Waals surface area contributed by atoms with Crippen LogP contribution in [0.25, 0.3) is 21.9 Å². The fourth-order valence-corrected chi connectivity index (χ4v) is 3.78. The second-order valence-corrected chi connectivity index (χ2v) is 7.31. The molecule has 4 N–H and O–H groups in total. The summed E-state index contributed by atoms with van der Waals surface area (Å²) in [6.07, 6.45) is 4.14. The lowest BCUT2D eigenvalue weighted by Gasteiger charge is -2.26. The zero-order chi connectivity index (χ0) is 19.7. The van der Waals surface area contributed by atoms with Gasteiger partial charge in [0.1, 0.15) is 11.6 Å². The first-order valence-electron chi connectivity index (χ1n) is 9.44. The molecule has 144 valence electrons. The standard InChI is InChI=1S/C22H22FN3O2/c23-15-3-1-2-13(10-15)14-4-9-18-19(11-14)21(24)25-12-20(18)22(28)26-16-5-7-17(27)8-6-16/h1-4,9-12,16-17,27H,5-8H2,(H2,24,25)(H,26,28). The van der Waals surface area contributed by atoms with E-state index in [1.54, 1.807) is 6.07 Å². The molecule has 0 aliphatic heterocycles. The van der Waals surface area contributed by atoms with Crippen LogP contribution in [0.1, 0.15) is 36.0 Å². The van der Waals surface area contributed by atoms with Gasteiger partial charge in [-0.3, -0.25) is 4.79 Å². The Morgan fingerprint density at radius 1 is 1.07 bits per heavy atom. The summed E-state index contributed by atoms with van der Waals surface area (Å²) < 4.78 is 13.6. The number of aliphatic hydroxyl groups excluding tert-OH is 1. The molecule has 0 unspecified atom stereocenters. The van der Waals surface area contributed by atoms with E-state index in [0.29, 0.717) is 35.0 Å². The normalized spacial score (nSPS) is 19.5. The van der Waals surface area contributed by atoms with E-state index < -0.39 is 0 Å². The molecular formula is C22H22FN3O2. The van der Waals surface area contributed by atoms with E-state index >= 15 is 0 Å². The monoisotopic (exact) mass is 379 g/mol. The van der Waals surface area contributed by atoms with Gasteiger partial charge in [-0.25, -0.2) is 9.37 Å². The zero-order valence-electron chi connectivity index (χ0n) is 15.4. The number of hydrogen-bond donors (Lipinski definition) is 3. The topological polar surface area (TPSA) is 88.2 Å². The third-order valence-electron chi connectivity index (χ3n) is 5.35. The highest BCUT2D eigenvalue weighted by Gasteiger charge is 2.22. The predicted molar refractivity (Wildman–Crippen MR) is 107 cm³/mol. The van der Waals surface area contributed by atoms with Gasteiger partial charge in [-0.05, 0) is 60.4 Å². The highest BCUT2D eigenvalue weighted by atomic mass is 19.1. The lowest BCUT2D eigenvalue weighted by Crippen LogP contribution is -2.38. The van der Waals surface area contributed by atoms with Crippen molar-refractivity contribution in [3.63, 3.8) is 0 Å². The average molecular weight is 379 g/mol. The molecule has 2 aromatic carbocycles. The van der Waals surface area contributed by atoms with Gasteiger partial charge < -0.3 is 16.2 Å². The van der Waals surface area contributed by atoms with Crippen molar-refractivity contribution in [2.24, 2.45) is 0 Å². The van der Waals surface area contributed by atoms with Crippen LogP contribution in [0.5, 0.6) is 0 Å². The van der Waals surface area contributed by atoms with E-state index in [9.17, 15) is 14.3 Å². The summed E-state index contributed by atoms with van der Waals surface area (Å²) in [7, 11) is 0. The van der Waals surface area contributed by atoms with Gasteiger partial charge in [0.25, 0.3) is 5.91 Å². The molecule has 0 bridgehead atoms. The molecule has 0 spiro atoms. The molecule has 5 nitrogen and oxygen atoms in total. The highest BCUT2D eigenvalue weighted by molar-refractivity contribution is 6.09. The molecule has 1 saturated carbocycles. The van der Waals surface area contributed by atoms with Crippen molar-refractivity contribution < 1.29 is 14.3 Å². The number of aliphatic hydroxyl groups is 1. The Labute approximate surface area is 162 Å². The molecule has 0 saturated heterocycles. The highest BCUT2D eigenvalue weighted by Crippen LogP contribution is 2.29. The molecule has 1 aliphatic rings. The number of carbonyl (C=O) groups excluding carboxylic acids is 1. The number of nitrogens with two attached hydrogens (primary N) is 1. The van der Waals surface area contributed by atoms with Crippen LogP contribution >= 0.6 is 0 Å². The first-order valence-corrected chi connectivity index (χ1v) is 9.44. The van der Waals surface area contributed by atoms with E-state index in [0.717, 1.165) is 24.0 Å². The van der Waals surface area contributed by atoms with Crippen LogP contribution in [-0.2, 0) is 0 Å². The molecule has 1 heterocycles. The lowest BCUT2D eigenvalue weighted by atomic mass is 9.92. The van der Waals surface area contributed by atoms with Crippen LogP contribution in [0, 0.1) is 5.82 Å². The van der Waals surface area contributed by atoms with Crippen molar-refractivity contribution in [2.75, 3.05) is 5.73 Å². The van der Waals surface area contributed by atoms with Gasteiger partial charge in [0.05, 0.1) is 11.7 Å². The Bertz CT molecular complexity index is 1030. The van der Waals surface area contributed by atoms with Crippen molar-refractivity contribution in [1.29, 1.82) is 0 Å². The molecule has 28 heavy (non-hydrogen) atoms. The summed E-state index contributed by atoms with van der Waals surface area (Å²) >= 11 is 0. The minimum atomic E-state index is -0.311. The van der Waals surface area contributed by atoms with Crippen LogP contribution in [0.2, 0.25) is 0 Å². The SMILES string of the molecule is Nc1ncc(C(=O)NC2CCC(O)CC2)c2ccc(-c3cccc(F)c3)cc12. The summed E-state index contributed by atoms with van der Waals surface area (Å²) in [4.78, 5) is 17.0. The van der Waals surface area contributed by atoms with Crippen LogP contribution in [-0.4, -0.2) is 28.1 Å². The number of aromatic nitrogens is 1. The van der Waals surface area contributed by atoms with Crippen LogP contribution < -0.4 is 11.1 Å². The number of rotatable bonds is 3. The number of nitrogens with zero attached hydrogens (tertiary/aromatic N) is 1. The van der Waals surface area contributed by atoms with Crippen LogP contribution in [0.4, 0.5) is 10.2 Å². The van der Waals surface area contributed by atoms with Crippen LogP contribution in [0.15, 0.2) is 48.7 Å².